The first-order chi connectivity index (χ1) is 25.3. The van der Waals surface area contributed by atoms with E-state index in [9.17, 15) is 24.3 Å². The minimum Gasteiger partial charge on any atom is -0.479 e. The van der Waals surface area contributed by atoms with Gasteiger partial charge in [0, 0.05) is 44.0 Å². The molecule has 52 heavy (non-hydrogen) atoms. The largest absolute Gasteiger partial charge is 0.479 e. The van der Waals surface area contributed by atoms with Crippen molar-refractivity contribution < 1.29 is 29.0 Å². The number of carbonyl (C=O) groups excluding carboxylic acids is 3. The van der Waals surface area contributed by atoms with E-state index in [0.717, 1.165) is 89.3 Å². The first kappa shape index (κ1) is 37.9. The molecule has 6 fully saturated rings. The molecule has 0 aromatic rings. The number of carboxylic acids is 1. The molecule has 15 heteroatoms. The zero-order chi connectivity index (χ0) is 36.2. The molecule has 3 saturated carbocycles. The van der Waals surface area contributed by atoms with Crippen LogP contribution in [0.2, 0.25) is 0 Å². The van der Waals surface area contributed by atoms with Gasteiger partial charge >= 0.3 is 12.0 Å². The Bertz CT molecular complexity index is 1320. The second kappa shape index (κ2) is 16.9. The summed E-state index contributed by atoms with van der Waals surface area (Å²) in [6.45, 7) is 1.22. The van der Waals surface area contributed by atoms with Gasteiger partial charge in [0.1, 0.15) is 17.6 Å². The molecule has 290 valence electrons. The second-order valence-electron chi connectivity index (χ2n) is 16.2. The van der Waals surface area contributed by atoms with Gasteiger partial charge in [0.15, 0.2) is 0 Å². The summed E-state index contributed by atoms with van der Waals surface area (Å²) in [5.41, 5.74) is 6.21. The van der Waals surface area contributed by atoms with Gasteiger partial charge in [-0.15, -0.1) is 11.8 Å². The van der Waals surface area contributed by atoms with Crippen molar-refractivity contribution in [2.45, 2.75) is 156 Å². The first-order valence-corrected chi connectivity index (χ1v) is 21.1. The van der Waals surface area contributed by atoms with Crippen molar-refractivity contribution in [3.05, 3.63) is 12.2 Å². The maximum absolute atomic E-state index is 14.6. The number of amides is 4. The number of rotatable bonds is 7. The van der Waals surface area contributed by atoms with Gasteiger partial charge in [-0.1, -0.05) is 44.3 Å². The summed E-state index contributed by atoms with van der Waals surface area (Å²) in [6.07, 6.45) is 18.1. The van der Waals surface area contributed by atoms with Crippen molar-refractivity contribution in [1.29, 1.82) is 0 Å². The number of aliphatic carboxylic acids is 1. The summed E-state index contributed by atoms with van der Waals surface area (Å²) in [4.78, 5) is 56.4. The molecule has 3 aliphatic carbocycles. The van der Waals surface area contributed by atoms with Crippen LogP contribution in [0.25, 0.3) is 0 Å². The third-order valence-electron chi connectivity index (χ3n) is 12.8. The van der Waals surface area contributed by atoms with E-state index in [1.807, 2.05) is 29.0 Å². The average Bonchev–Trinajstić information content (AvgIpc) is 3.60. The number of nitrogens with one attached hydrogen (secondary N) is 6. The molecule has 4 heterocycles. The smallest absolute Gasteiger partial charge is 0.330 e. The highest BCUT2D eigenvalue weighted by molar-refractivity contribution is 8.00. The van der Waals surface area contributed by atoms with Crippen molar-refractivity contribution in [3.63, 3.8) is 0 Å². The van der Waals surface area contributed by atoms with Crippen molar-refractivity contribution >= 4 is 35.6 Å². The number of methoxy groups -OCH3 is 1. The number of hydrazine groups is 2. The van der Waals surface area contributed by atoms with E-state index in [0.29, 0.717) is 31.3 Å². The number of nitrogens with zero attached hydrogens (tertiary/aromatic N) is 2. The Morgan fingerprint density at radius 2 is 1.71 bits per heavy atom. The lowest BCUT2D eigenvalue weighted by atomic mass is 9.80. The molecule has 4 amide bonds. The monoisotopic (exact) mass is 744 g/mol. The number of carboxylic acid groups (broad SMARTS) is 1. The van der Waals surface area contributed by atoms with E-state index in [2.05, 4.69) is 32.1 Å². The van der Waals surface area contributed by atoms with Crippen LogP contribution in [0.15, 0.2) is 12.2 Å². The standard InChI is InChI=1S/C37H60N8O6S/c1-51-27-16-14-23(15-17-27)30-31(33-38-18-19-52-33)43-45(42-30)26-20-29-32(46)41-37(35(48)49)21-24(37)10-6-3-2-4-9-13-28(34(47)44(29)22-26)40-36(50)39-25-11-7-5-8-12-25/h6,10,23-31,33,38,42-43H,2-5,7-9,11-22H2,1H3,(H,41,46)(H,48,49)(H2,39,40,50)/b10-6-/t23?,24-,26-,27?,28-,29+,30?,31?,33?,37+/m1/s1. The van der Waals surface area contributed by atoms with Crippen LogP contribution in [0, 0.1) is 11.8 Å². The predicted molar refractivity (Wildman–Crippen MR) is 198 cm³/mol. The lowest BCUT2D eigenvalue weighted by molar-refractivity contribution is -0.145. The molecule has 3 saturated heterocycles. The van der Waals surface area contributed by atoms with Gasteiger partial charge in [-0.2, -0.15) is 5.12 Å². The molecule has 0 aromatic heterocycles. The van der Waals surface area contributed by atoms with E-state index >= 15 is 0 Å². The van der Waals surface area contributed by atoms with E-state index in [1.54, 1.807) is 12.0 Å². The topological polar surface area (TPSA) is 176 Å². The number of thioether (sulfide) groups is 1. The molecule has 3 unspecified atom stereocenters. The van der Waals surface area contributed by atoms with E-state index in [4.69, 9.17) is 4.74 Å². The number of urea groups is 1. The van der Waals surface area contributed by atoms with Gasteiger partial charge in [-0.25, -0.2) is 20.4 Å². The molecule has 0 radical (unpaired) electrons. The van der Waals surface area contributed by atoms with Crippen LogP contribution in [0.3, 0.4) is 0 Å². The van der Waals surface area contributed by atoms with Crippen LogP contribution < -0.4 is 32.1 Å². The summed E-state index contributed by atoms with van der Waals surface area (Å²) in [7, 11) is 1.79. The SMILES string of the molecule is COC1CCC(C2NN([C@@H]3C[C@H]4C(=O)N[C@@]5(C(=O)O)C[C@H]5/C=C\CCCCC[C@@H](NC(=O)NC5CCCCC5)C(=O)N4C3)NC2C2NCCS2)CC1. The Hall–Kier alpha value is -2.43. The molecule has 0 aromatic carbocycles. The molecule has 8 atom stereocenters. The van der Waals surface area contributed by atoms with E-state index in [1.165, 1.54) is 6.42 Å². The van der Waals surface area contributed by atoms with Crippen LogP contribution in [0.4, 0.5) is 4.79 Å². The molecular weight excluding hydrogens is 685 g/mol. The molecule has 7 aliphatic rings. The highest BCUT2D eigenvalue weighted by atomic mass is 32.2. The van der Waals surface area contributed by atoms with Gasteiger partial charge < -0.3 is 36.0 Å². The lowest BCUT2D eigenvalue weighted by Gasteiger charge is -2.35. The Morgan fingerprint density at radius 1 is 0.962 bits per heavy atom. The summed E-state index contributed by atoms with van der Waals surface area (Å²) < 4.78 is 5.67. The Labute approximate surface area is 312 Å². The van der Waals surface area contributed by atoms with Gasteiger partial charge in [-0.3, -0.25) is 9.59 Å². The lowest BCUT2D eigenvalue weighted by Crippen LogP contribution is -2.57. The fourth-order valence-corrected chi connectivity index (χ4v) is 10.8. The molecule has 7 N–H and O–H groups in total. The van der Waals surface area contributed by atoms with Gasteiger partial charge in [-0.05, 0) is 76.5 Å². The van der Waals surface area contributed by atoms with Crippen LogP contribution in [-0.2, 0) is 19.1 Å². The number of ether oxygens (including phenoxy) is 1. The maximum atomic E-state index is 14.6. The minimum atomic E-state index is -1.37. The molecule has 0 spiro atoms. The maximum Gasteiger partial charge on any atom is 0.330 e. The van der Waals surface area contributed by atoms with Crippen LogP contribution in [0.5, 0.6) is 0 Å². The highest BCUT2D eigenvalue weighted by Crippen LogP contribution is 2.45. The van der Waals surface area contributed by atoms with Crippen molar-refractivity contribution in [2.75, 3.05) is 26.0 Å². The number of carbonyl (C=O) groups is 4. The number of hydrogen-bond acceptors (Lipinski definition) is 10. The van der Waals surface area contributed by atoms with E-state index in [-0.39, 0.29) is 53.9 Å². The average molecular weight is 745 g/mol. The zero-order valence-electron chi connectivity index (χ0n) is 30.7. The number of allylic oxidation sites excluding steroid dienone is 1. The first-order valence-electron chi connectivity index (χ1n) is 20.0. The predicted octanol–water partition coefficient (Wildman–Crippen LogP) is 2.37. The Morgan fingerprint density at radius 3 is 2.44 bits per heavy atom. The quantitative estimate of drug-likeness (QED) is 0.191. The van der Waals surface area contributed by atoms with Gasteiger partial charge in [0.25, 0.3) is 0 Å². The summed E-state index contributed by atoms with van der Waals surface area (Å²) in [5.74, 6) is -0.586. The van der Waals surface area contributed by atoms with Gasteiger partial charge in [0.05, 0.1) is 23.6 Å². The van der Waals surface area contributed by atoms with Crippen molar-refractivity contribution in [1.82, 2.24) is 42.1 Å². The summed E-state index contributed by atoms with van der Waals surface area (Å²) in [6, 6.07) is -1.90. The van der Waals surface area contributed by atoms with Crippen LogP contribution in [0.1, 0.15) is 103 Å². The Kier molecular flexibility index (Phi) is 12.3. The fraction of sp³-hybridized carbons (Fsp3) is 0.838. The molecule has 14 nitrogen and oxygen atoms in total. The normalized spacial score (nSPS) is 40.2. The molecular formula is C37H60N8O6S. The third kappa shape index (κ3) is 8.44. The third-order valence-corrected chi connectivity index (χ3v) is 14.1. The number of hydrogen-bond donors (Lipinski definition) is 7. The molecule has 7 rings (SSSR count). The summed E-state index contributed by atoms with van der Waals surface area (Å²) in [5, 5.41) is 25.3. The molecule has 4 aliphatic heterocycles. The van der Waals surface area contributed by atoms with E-state index < -0.39 is 29.5 Å². The van der Waals surface area contributed by atoms with Crippen molar-refractivity contribution in [3.8, 4) is 0 Å². The Balaban J connectivity index is 1.12. The summed E-state index contributed by atoms with van der Waals surface area (Å²) >= 11 is 1.92. The number of fused-ring (bicyclic) bond motifs is 2. The van der Waals surface area contributed by atoms with Crippen LogP contribution >= 0.6 is 11.8 Å². The fourth-order valence-electron chi connectivity index (χ4n) is 9.64. The zero-order valence-corrected chi connectivity index (χ0v) is 31.5. The molecule has 0 bridgehead atoms. The second-order valence-corrected chi connectivity index (χ2v) is 17.5. The van der Waals surface area contributed by atoms with Crippen LogP contribution in [-0.4, -0.2) is 118 Å². The minimum absolute atomic E-state index is 0.0940. The highest BCUT2D eigenvalue weighted by Gasteiger charge is 2.61. The van der Waals surface area contributed by atoms with Crippen molar-refractivity contribution in [2.24, 2.45) is 11.8 Å². The van der Waals surface area contributed by atoms with Gasteiger partial charge in [0.2, 0.25) is 11.8 Å².